The topological polar surface area (TPSA) is 81.4 Å². The van der Waals surface area contributed by atoms with E-state index in [0.29, 0.717) is 5.56 Å². The molecule has 0 saturated carbocycles. The van der Waals surface area contributed by atoms with Crippen molar-refractivity contribution in [3.8, 4) is 0 Å². The Balaban J connectivity index is 2.16. The predicted molar refractivity (Wildman–Crippen MR) is 84.7 cm³/mol. The van der Waals surface area contributed by atoms with E-state index in [1.807, 2.05) is 5.32 Å². The molecule has 2 aromatic rings. The van der Waals surface area contributed by atoms with Crippen LogP contribution in [0, 0.1) is 0 Å². The molecule has 0 unspecified atom stereocenters. The first-order chi connectivity index (χ1) is 11.8. The fourth-order valence-corrected chi connectivity index (χ4v) is 2.01. The first kappa shape index (κ1) is 18.5. The number of hydrogen-bond donors (Lipinski definition) is 2. The van der Waals surface area contributed by atoms with Gasteiger partial charge >= 0.3 is 18.1 Å². The van der Waals surface area contributed by atoms with Crippen LogP contribution in [0.15, 0.2) is 54.6 Å². The van der Waals surface area contributed by atoms with Gasteiger partial charge < -0.3 is 15.8 Å². The quantitative estimate of drug-likeness (QED) is 0.639. The molecule has 5 nitrogen and oxygen atoms in total. The predicted octanol–water partition coefficient (Wildman–Crippen LogP) is 2.87. The van der Waals surface area contributed by atoms with Gasteiger partial charge in [-0.2, -0.15) is 13.2 Å². The zero-order chi connectivity index (χ0) is 18.4. The van der Waals surface area contributed by atoms with Gasteiger partial charge in [-0.1, -0.05) is 30.3 Å². The number of nitrogens with one attached hydrogen (secondary N) is 1. The Hall–Kier alpha value is -2.87. The van der Waals surface area contributed by atoms with Crippen LogP contribution in [0.5, 0.6) is 0 Å². The summed E-state index contributed by atoms with van der Waals surface area (Å²) < 4.78 is 43.9. The van der Waals surface area contributed by atoms with Gasteiger partial charge in [0, 0.05) is 12.2 Å². The van der Waals surface area contributed by atoms with Crippen molar-refractivity contribution in [1.29, 1.82) is 0 Å². The minimum absolute atomic E-state index is 0.0260. The maximum absolute atomic E-state index is 13.2. The molecule has 2 rings (SSSR count). The molecule has 0 saturated heterocycles. The Morgan fingerprint density at radius 2 is 1.76 bits per heavy atom. The van der Waals surface area contributed by atoms with Crippen LogP contribution in [0.25, 0.3) is 0 Å². The van der Waals surface area contributed by atoms with E-state index in [1.165, 1.54) is 42.5 Å². The maximum Gasteiger partial charge on any atom is 0.419 e. The van der Waals surface area contributed by atoms with Crippen molar-refractivity contribution in [1.82, 2.24) is 0 Å². The third-order valence-electron chi connectivity index (χ3n) is 3.24. The zero-order valence-electron chi connectivity index (χ0n) is 12.9. The molecule has 0 aliphatic heterocycles. The number of nitrogens with two attached hydrogens (primary N) is 1. The van der Waals surface area contributed by atoms with Gasteiger partial charge in [0.2, 0.25) is 6.04 Å². The Morgan fingerprint density at radius 3 is 2.36 bits per heavy atom. The largest absolute Gasteiger partial charge is 0.419 e. The van der Waals surface area contributed by atoms with Crippen molar-refractivity contribution in [2.75, 3.05) is 5.32 Å². The molecule has 0 radical (unpaired) electrons. The third kappa shape index (κ3) is 5.05. The summed E-state index contributed by atoms with van der Waals surface area (Å²) in [6.45, 7) is 0.128. The lowest BCUT2D eigenvalue weighted by Gasteiger charge is -2.21. The average molecular weight is 352 g/mol. The number of hydrogen-bond acceptors (Lipinski definition) is 5. The second kappa shape index (κ2) is 7.80. The van der Waals surface area contributed by atoms with E-state index in [-0.39, 0.29) is 17.8 Å². The van der Waals surface area contributed by atoms with Crippen LogP contribution >= 0.6 is 0 Å². The molecule has 25 heavy (non-hydrogen) atoms. The number of rotatable bonds is 5. The molecule has 3 N–H and O–H groups in total. The highest BCUT2D eigenvalue weighted by Gasteiger charge is 2.47. The normalized spacial score (nSPS) is 12.3. The highest BCUT2D eigenvalue weighted by Crippen LogP contribution is 2.25. The highest BCUT2D eigenvalue weighted by atomic mass is 19.4. The van der Waals surface area contributed by atoms with Crippen molar-refractivity contribution < 1.29 is 27.5 Å². The number of benzene rings is 2. The lowest BCUT2D eigenvalue weighted by Crippen LogP contribution is -2.44. The number of ether oxygens (including phenoxy) is 1. The fraction of sp³-hybridized carbons (Fsp3) is 0.176. The molecule has 0 spiro atoms. The van der Waals surface area contributed by atoms with Gasteiger partial charge in [0.25, 0.3) is 0 Å². The van der Waals surface area contributed by atoms with Gasteiger partial charge in [-0.3, -0.25) is 0 Å². The second-order valence-corrected chi connectivity index (χ2v) is 5.10. The molecule has 2 aromatic carbocycles. The van der Waals surface area contributed by atoms with Crippen molar-refractivity contribution in [3.63, 3.8) is 0 Å². The highest BCUT2D eigenvalue weighted by molar-refractivity contribution is 5.99. The van der Waals surface area contributed by atoms with E-state index in [4.69, 9.17) is 5.73 Å². The summed E-state index contributed by atoms with van der Waals surface area (Å²) >= 11 is 0. The van der Waals surface area contributed by atoms with Crippen molar-refractivity contribution in [2.45, 2.75) is 18.8 Å². The molecule has 0 aliphatic rings. The van der Waals surface area contributed by atoms with Crippen molar-refractivity contribution >= 4 is 17.6 Å². The SMILES string of the molecule is NCc1cccc(N[C@H](C(=O)OC(=O)c2ccccc2)C(F)(F)F)c1. The van der Waals surface area contributed by atoms with E-state index in [9.17, 15) is 22.8 Å². The van der Waals surface area contributed by atoms with Gasteiger partial charge in [0.1, 0.15) is 0 Å². The summed E-state index contributed by atoms with van der Waals surface area (Å²) in [5.74, 6) is -2.89. The summed E-state index contributed by atoms with van der Waals surface area (Å²) in [7, 11) is 0. The van der Waals surface area contributed by atoms with E-state index in [2.05, 4.69) is 4.74 Å². The molecular formula is C17H15F3N2O3. The number of alkyl halides is 3. The molecule has 0 aromatic heterocycles. The molecule has 0 aliphatic carbocycles. The van der Waals surface area contributed by atoms with Crippen LogP contribution in [0.4, 0.5) is 18.9 Å². The summed E-state index contributed by atoms with van der Waals surface area (Å²) in [5.41, 5.74) is 6.03. The zero-order valence-corrected chi connectivity index (χ0v) is 12.9. The molecule has 132 valence electrons. The molecule has 0 fully saturated rings. The second-order valence-electron chi connectivity index (χ2n) is 5.10. The van der Waals surface area contributed by atoms with Crippen LogP contribution in [0.2, 0.25) is 0 Å². The molecule has 1 atom stereocenters. The van der Waals surface area contributed by atoms with Gasteiger partial charge in [0.15, 0.2) is 0 Å². The molecule has 8 heteroatoms. The van der Waals surface area contributed by atoms with Crippen LogP contribution in [-0.2, 0) is 16.1 Å². The van der Waals surface area contributed by atoms with Crippen molar-refractivity contribution in [2.24, 2.45) is 5.73 Å². The molecule has 0 bridgehead atoms. The van der Waals surface area contributed by atoms with E-state index >= 15 is 0 Å². The van der Waals surface area contributed by atoms with Gasteiger partial charge in [-0.05, 0) is 29.8 Å². The Kier molecular flexibility index (Phi) is 5.76. The summed E-state index contributed by atoms with van der Waals surface area (Å²) in [4.78, 5) is 23.7. The molecule has 0 amide bonds. The first-order valence-electron chi connectivity index (χ1n) is 7.24. The van der Waals surface area contributed by atoms with Crippen LogP contribution in [0.3, 0.4) is 0 Å². The number of carbonyl (C=O) groups is 2. The van der Waals surface area contributed by atoms with E-state index < -0.39 is 24.2 Å². The monoisotopic (exact) mass is 352 g/mol. The van der Waals surface area contributed by atoms with Crippen molar-refractivity contribution in [3.05, 3.63) is 65.7 Å². The van der Waals surface area contributed by atoms with Crippen LogP contribution < -0.4 is 11.1 Å². The van der Waals surface area contributed by atoms with Gasteiger partial charge in [0.05, 0.1) is 5.56 Å². The Labute approximate surface area is 141 Å². The minimum Gasteiger partial charge on any atom is -0.388 e. The van der Waals surface area contributed by atoms with Gasteiger partial charge in [-0.15, -0.1) is 0 Å². The first-order valence-corrected chi connectivity index (χ1v) is 7.24. The molecule has 0 heterocycles. The number of anilines is 1. The lowest BCUT2D eigenvalue weighted by atomic mass is 10.2. The minimum atomic E-state index is -4.95. The maximum atomic E-state index is 13.2. The van der Waals surface area contributed by atoms with E-state index in [0.717, 1.165) is 0 Å². The Bertz CT molecular complexity index is 748. The smallest absolute Gasteiger partial charge is 0.388 e. The van der Waals surface area contributed by atoms with Crippen LogP contribution in [-0.4, -0.2) is 24.2 Å². The summed E-state index contributed by atoms with van der Waals surface area (Å²) in [6, 6.07) is 10.4. The average Bonchev–Trinajstić information content (AvgIpc) is 2.59. The summed E-state index contributed by atoms with van der Waals surface area (Å²) in [5, 5.41) is 2.04. The third-order valence-corrected chi connectivity index (χ3v) is 3.24. The van der Waals surface area contributed by atoms with Gasteiger partial charge in [-0.25, -0.2) is 9.59 Å². The van der Waals surface area contributed by atoms with E-state index in [1.54, 1.807) is 12.1 Å². The molecular weight excluding hydrogens is 337 g/mol. The number of halogens is 3. The lowest BCUT2D eigenvalue weighted by molar-refractivity contribution is -0.171. The number of carbonyl (C=O) groups excluding carboxylic acids is 2. The number of esters is 2. The van der Waals surface area contributed by atoms with Crippen LogP contribution in [0.1, 0.15) is 15.9 Å². The fourth-order valence-electron chi connectivity index (χ4n) is 2.01. The standard InChI is InChI=1S/C17H15F3N2O3/c18-17(19,20)14(22-13-8-4-5-11(9-13)10-21)16(24)25-15(23)12-6-2-1-3-7-12/h1-9,14,22H,10,21H2/t14-/m1/s1. The Morgan fingerprint density at radius 1 is 1.08 bits per heavy atom. The summed E-state index contributed by atoms with van der Waals surface area (Å²) in [6.07, 6.45) is -4.95.